The molecule has 0 spiro atoms. The van der Waals surface area contributed by atoms with Gasteiger partial charge in [0.1, 0.15) is 5.82 Å². The zero-order chi connectivity index (χ0) is 19.9. The quantitative estimate of drug-likeness (QED) is 0.649. The molecule has 150 valence electrons. The number of hydrogen-bond acceptors (Lipinski definition) is 5. The standard InChI is InChI=1S/C21H29N5O2/c1-15(2)13-26-9-7-16(14-26)10-25-21(28)18-5-6-19(24-12-18)23-11-17-4-3-8-22-20(17)27/h3-6,8,12,15-16H,7,9-11,13-14H2,1-2H3,(H,22,27)(H,23,24)(H,25,28)/t16-/m0/s1. The minimum absolute atomic E-state index is 0.0964. The van der Waals surface area contributed by atoms with Gasteiger partial charge in [0.25, 0.3) is 11.5 Å². The van der Waals surface area contributed by atoms with Gasteiger partial charge in [-0.25, -0.2) is 4.98 Å². The summed E-state index contributed by atoms with van der Waals surface area (Å²) in [5, 5.41) is 6.12. The lowest BCUT2D eigenvalue weighted by Crippen LogP contribution is -2.32. The van der Waals surface area contributed by atoms with Crippen molar-refractivity contribution in [3.8, 4) is 0 Å². The van der Waals surface area contributed by atoms with Crippen LogP contribution in [0.3, 0.4) is 0 Å². The minimum atomic E-state index is -0.120. The predicted molar refractivity (Wildman–Crippen MR) is 110 cm³/mol. The molecule has 7 heteroatoms. The largest absolute Gasteiger partial charge is 0.366 e. The maximum Gasteiger partial charge on any atom is 0.252 e. The molecule has 1 saturated heterocycles. The van der Waals surface area contributed by atoms with Gasteiger partial charge in [-0.15, -0.1) is 0 Å². The molecule has 2 aromatic heterocycles. The summed E-state index contributed by atoms with van der Waals surface area (Å²) >= 11 is 0. The molecule has 2 aromatic rings. The van der Waals surface area contributed by atoms with Crippen LogP contribution in [0.5, 0.6) is 0 Å². The first-order valence-corrected chi connectivity index (χ1v) is 9.88. The van der Waals surface area contributed by atoms with E-state index >= 15 is 0 Å². The van der Waals surface area contributed by atoms with E-state index < -0.39 is 0 Å². The van der Waals surface area contributed by atoms with E-state index in [2.05, 4.69) is 39.3 Å². The molecule has 7 nitrogen and oxygen atoms in total. The number of nitrogens with one attached hydrogen (secondary N) is 3. The summed E-state index contributed by atoms with van der Waals surface area (Å²) in [5.74, 6) is 1.72. The number of aromatic nitrogens is 2. The van der Waals surface area contributed by atoms with Crippen molar-refractivity contribution >= 4 is 11.7 Å². The fourth-order valence-electron chi connectivity index (χ4n) is 3.51. The first kappa shape index (κ1) is 20.1. The average molecular weight is 383 g/mol. The monoisotopic (exact) mass is 383 g/mol. The van der Waals surface area contributed by atoms with Crippen LogP contribution in [0.15, 0.2) is 41.5 Å². The van der Waals surface area contributed by atoms with Gasteiger partial charge in [0, 0.05) is 44.1 Å². The molecule has 1 atom stereocenters. The number of rotatable bonds is 8. The second-order valence-corrected chi connectivity index (χ2v) is 7.83. The molecule has 1 aliphatic rings. The number of amides is 1. The van der Waals surface area contributed by atoms with Crippen LogP contribution < -0.4 is 16.2 Å². The van der Waals surface area contributed by atoms with Gasteiger partial charge in [0.15, 0.2) is 0 Å². The Hall–Kier alpha value is -2.67. The average Bonchev–Trinajstić information content (AvgIpc) is 3.12. The molecular weight excluding hydrogens is 354 g/mol. The van der Waals surface area contributed by atoms with Crippen LogP contribution in [-0.2, 0) is 6.54 Å². The molecule has 3 heterocycles. The molecule has 1 amide bonds. The minimum Gasteiger partial charge on any atom is -0.366 e. The Morgan fingerprint density at radius 3 is 2.93 bits per heavy atom. The number of pyridine rings is 2. The lowest BCUT2D eigenvalue weighted by molar-refractivity contribution is 0.0947. The Bertz CT molecular complexity index is 831. The van der Waals surface area contributed by atoms with E-state index in [0.29, 0.717) is 41.9 Å². The van der Waals surface area contributed by atoms with Crippen molar-refractivity contribution in [3.63, 3.8) is 0 Å². The smallest absolute Gasteiger partial charge is 0.252 e. The molecule has 0 saturated carbocycles. The summed E-state index contributed by atoms with van der Waals surface area (Å²) in [6, 6.07) is 7.05. The highest BCUT2D eigenvalue weighted by Gasteiger charge is 2.23. The first-order chi connectivity index (χ1) is 13.5. The van der Waals surface area contributed by atoms with Gasteiger partial charge in [0.2, 0.25) is 0 Å². The van der Waals surface area contributed by atoms with Crippen LogP contribution in [0.1, 0.15) is 36.2 Å². The van der Waals surface area contributed by atoms with Gasteiger partial charge in [-0.2, -0.15) is 0 Å². The van der Waals surface area contributed by atoms with Crippen molar-refractivity contribution in [3.05, 3.63) is 58.1 Å². The van der Waals surface area contributed by atoms with Gasteiger partial charge in [-0.3, -0.25) is 9.59 Å². The molecule has 0 aromatic carbocycles. The highest BCUT2D eigenvalue weighted by Crippen LogP contribution is 2.17. The lowest BCUT2D eigenvalue weighted by Gasteiger charge is -2.18. The molecule has 0 unspecified atom stereocenters. The first-order valence-electron chi connectivity index (χ1n) is 9.88. The summed E-state index contributed by atoms with van der Waals surface area (Å²) < 4.78 is 0. The van der Waals surface area contributed by atoms with Crippen molar-refractivity contribution in [1.29, 1.82) is 0 Å². The highest BCUT2D eigenvalue weighted by atomic mass is 16.1. The number of likely N-dealkylation sites (tertiary alicyclic amines) is 1. The molecule has 1 aliphatic heterocycles. The van der Waals surface area contributed by atoms with E-state index in [1.807, 2.05) is 0 Å². The van der Waals surface area contributed by atoms with Crippen molar-refractivity contribution in [1.82, 2.24) is 20.2 Å². The number of nitrogens with zero attached hydrogens (tertiary/aromatic N) is 2. The Morgan fingerprint density at radius 1 is 1.36 bits per heavy atom. The van der Waals surface area contributed by atoms with E-state index in [9.17, 15) is 9.59 Å². The van der Waals surface area contributed by atoms with Gasteiger partial charge >= 0.3 is 0 Å². The van der Waals surface area contributed by atoms with Gasteiger partial charge in [-0.05, 0) is 43.0 Å². The van der Waals surface area contributed by atoms with E-state index in [4.69, 9.17) is 0 Å². The van der Waals surface area contributed by atoms with Crippen LogP contribution in [0.25, 0.3) is 0 Å². The second kappa shape index (κ2) is 9.50. The van der Waals surface area contributed by atoms with E-state index in [1.54, 1.807) is 36.7 Å². The summed E-state index contributed by atoms with van der Waals surface area (Å²) in [6.07, 6.45) is 4.30. The Balaban J connectivity index is 1.45. The molecule has 3 rings (SSSR count). The molecule has 1 fully saturated rings. The molecular formula is C21H29N5O2. The van der Waals surface area contributed by atoms with Crippen LogP contribution in [0.4, 0.5) is 5.82 Å². The maximum absolute atomic E-state index is 12.4. The predicted octanol–water partition coefficient (Wildman–Crippen LogP) is 2.09. The fourth-order valence-corrected chi connectivity index (χ4v) is 3.51. The summed E-state index contributed by atoms with van der Waals surface area (Å²) in [6.45, 7) is 8.84. The summed E-state index contributed by atoms with van der Waals surface area (Å²) in [4.78, 5) is 33.4. The van der Waals surface area contributed by atoms with E-state index in [0.717, 1.165) is 26.1 Å². The van der Waals surface area contributed by atoms with Crippen molar-refractivity contribution in [2.75, 3.05) is 31.5 Å². The van der Waals surface area contributed by atoms with Gasteiger partial charge < -0.3 is 20.5 Å². The molecule has 0 radical (unpaired) electrons. The number of carbonyl (C=O) groups excluding carboxylic acids is 1. The normalized spacial score (nSPS) is 17.0. The number of H-pyrrole nitrogens is 1. The Kier molecular flexibility index (Phi) is 6.81. The number of carbonyl (C=O) groups is 1. The van der Waals surface area contributed by atoms with Crippen LogP contribution >= 0.6 is 0 Å². The van der Waals surface area contributed by atoms with E-state index in [1.165, 1.54) is 0 Å². The van der Waals surface area contributed by atoms with Crippen molar-refractivity contribution < 1.29 is 4.79 Å². The third kappa shape index (κ3) is 5.66. The number of anilines is 1. The Morgan fingerprint density at radius 2 is 2.21 bits per heavy atom. The van der Waals surface area contributed by atoms with Crippen molar-refractivity contribution in [2.24, 2.45) is 11.8 Å². The van der Waals surface area contributed by atoms with Gasteiger partial charge in [0.05, 0.1) is 5.56 Å². The topological polar surface area (TPSA) is 90.1 Å². The zero-order valence-electron chi connectivity index (χ0n) is 16.6. The highest BCUT2D eigenvalue weighted by molar-refractivity contribution is 5.94. The SMILES string of the molecule is CC(C)CN1CC[C@@H](CNC(=O)c2ccc(NCc3ccc[nH]c3=O)nc2)C1. The number of aromatic amines is 1. The third-order valence-electron chi connectivity index (χ3n) is 4.93. The van der Waals surface area contributed by atoms with Gasteiger partial charge in [-0.1, -0.05) is 19.9 Å². The van der Waals surface area contributed by atoms with Crippen LogP contribution in [-0.4, -0.2) is 47.0 Å². The van der Waals surface area contributed by atoms with Crippen molar-refractivity contribution in [2.45, 2.75) is 26.8 Å². The summed E-state index contributed by atoms with van der Waals surface area (Å²) in [5.41, 5.74) is 1.05. The summed E-state index contributed by atoms with van der Waals surface area (Å²) in [7, 11) is 0. The molecule has 0 bridgehead atoms. The fraction of sp³-hybridized carbons (Fsp3) is 0.476. The molecule has 28 heavy (non-hydrogen) atoms. The molecule has 0 aliphatic carbocycles. The van der Waals surface area contributed by atoms with E-state index in [-0.39, 0.29) is 11.5 Å². The third-order valence-corrected chi connectivity index (χ3v) is 4.93. The van der Waals surface area contributed by atoms with Crippen LogP contribution in [0.2, 0.25) is 0 Å². The molecule has 3 N–H and O–H groups in total. The number of hydrogen-bond donors (Lipinski definition) is 3. The Labute approximate surface area is 165 Å². The second-order valence-electron chi connectivity index (χ2n) is 7.83. The lowest BCUT2D eigenvalue weighted by atomic mass is 10.1. The maximum atomic E-state index is 12.4. The zero-order valence-corrected chi connectivity index (χ0v) is 16.6. The van der Waals surface area contributed by atoms with Crippen LogP contribution in [0, 0.1) is 11.8 Å².